The molecule has 0 amide bonds. The van der Waals surface area contributed by atoms with Gasteiger partial charge < -0.3 is 4.72 Å². The van der Waals surface area contributed by atoms with E-state index >= 15 is 0 Å². The molecule has 84 valence electrons. The standard InChI is InChI=1S/C12H19NOS/c1-12(2,3)10-7-6-8-11(9-10)13-15(4,5)14/h6-9H,4H2,1-3,5H3,(H,13,14). The van der Waals surface area contributed by atoms with Crippen LogP contribution in [0.5, 0.6) is 0 Å². The summed E-state index contributed by atoms with van der Waals surface area (Å²) in [5, 5.41) is 0. The minimum Gasteiger partial charge on any atom is -0.313 e. The van der Waals surface area contributed by atoms with Gasteiger partial charge in [0.1, 0.15) is 0 Å². The van der Waals surface area contributed by atoms with E-state index in [1.807, 2.05) is 18.2 Å². The van der Waals surface area contributed by atoms with Crippen LogP contribution in [0.1, 0.15) is 26.3 Å². The second kappa shape index (κ2) is 3.89. The number of rotatable bonds is 2. The Kier molecular flexibility index (Phi) is 3.14. The molecule has 1 N–H and O–H groups in total. The third kappa shape index (κ3) is 3.96. The Bertz CT molecular complexity index is 441. The summed E-state index contributed by atoms with van der Waals surface area (Å²) in [6.07, 6.45) is 1.59. The van der Waals surface area contributed by atoms with Crippen LogP contribution in [0, 0.1) is 0 Å². The summed E-state index contributed by atoms with van der Waals surface area (Å²) >= 11 is 0. The van der Waals surface area contributed by atoms with E-state index < -0.39 is 9.71 Å². The fourth-order valence-electron chi connectivity index (χ4n) is 1.30. The predicted octanol–water partition coefficient (Wildman–Crippen LogP) is 2.66. The van der Waals surface area contributed by atoms with Gasteiger partial charge in [-0.2, -0.15) is 0 Å². The molecule has 0 aliphatic heterocycles. The van der Waals surface area contributed by atoms with E-state index in [0.29, 0.717) is 0 Å². The van der Waals surface area contributed by atoms with Crippen LogP contribution in [-0.4, -0.2) is 16.3 Å². The molecular weight excluding hydrogens is 206 g/mol. The lowest BCUT2D eigenvalue weighted by Gasteiger charge is -2.20. The Balaban J connectivity index is 3.04. The zero-order chi connectivity index (χ0) is 11.7. The fraction of sp³-hybridized carbons (Fsp3) is 0.417. The second-order valence-electron chi connectivity index (χ2n) is 4.94. The van der Waals surface area contributed by atoms with Crippen LogP contribution in [0.25, 0.3) is 0 Å². The van der Waals surface area contributed by atoms with Gasteiger partial charge in [0.2, 0.25) is 0 Å². The number of benzene rings is 1. The summed E-state index contributed by atoms with van der Waals surface area (Å²) in [5.41, 5.74) is 2.19. The smallest absolute Gasteiger partial charge is 0.0459 e. The molecule has 3 heteroatoms. The molecule has 15 heavy (non-hydrogen) atoms. The fourth-order valence-corrected chi connectivity index (χ4v) is 1.92. The van der Waals surface area contributed by atoms with Gasteiger partial charge in [0.15, 0.2) is 0 Å². The van der Waals surface area contributed by atoms with E-state index in [1.54, 1.807) is 6.26 Å². The molecule has 0 aliphatic carbocycles. The molecule has 0 heterocycles. The predicted molar refractivity (Wildman–Crippen MR) is 70.0 cm³/mol. The van der Waals surface area contributed by atoms with Gasteiger partial charge in [-0.3, -0.25) is 0 Å². The highest BCUT2D eigenvalue weighted by Gasteiger charge is 2.13. The van der Waals surface area contributed by atoms with Crippen molar-refractivity contribution in [1.82, 2.24) is 0 Å². The molecule has 1 aromatic carbocycles. The number of nitrogens with one attached hydrogen (secondary N) is 1. The normalized spacial score (nSPS) is 15.7. The molecule has 0 aliphatic rings. The molecule has 0 saturated heterocycles. The van der Waals surface area contributed by atoms with Crippen molar-refractivity contribution in [2.24, 2.45) is 0 Å². The average molecular weight is 225 g/mol. The third-order valence-electron chi connectivity index (χ3n) is 2.06. The SMILES string of the molecule is C=S(C)(=O)Nc1cccc(C(C)(C)C)c1. The van der Waals surface area contributed by atoms with Crippen LogP contribution in [0.3, 0.4) is 0 Å². The Morgan fingerprint density at radius 1 is 1.33 bits per heavy atom. The van der Waals surface area contributed by atoms with E-state index in [0.717, 1.165) is 5.69 Å². The summed E-state index contributed by atoms with van der Waals surface area (Å²) in [7, 11) is -2.19. The molecule has 0 spiro atoms. The molecule has 0 fully saturated rings. The molecule has 0 aromatic heterocycles. The van der Waals surface area contributed by atoms with Crippen molar-refractivity contribution < 1.29 is 4.21 Å². The molecular formula is C12H19NOS. The Labute approximate surface area is 92.9 Å². The maximum absolute atomic E-state index is 11.5. The van der Waals surface area contributed by atoms with Crippen LogP contribution >= 0.6 is 0 Å². The lowest BCUT2D eigenvalue weighted by Crippen LogP contribution is -2.13. The molecule has 0 radical (unpaired) electrons. The van der Waals surface area contributed by atoms with Gasteiger partial charge in [-0.25, -0.2) is 4.21 Å². The van der Waals surface area contributed by atoms with E-state index in [-0.39, 0.29) is 5.41 Å². The largest absolute Gasteiger partial charge is 0.313 e. The van der Waals surface area contributed by atoms with Crippen molar-refractivity contribution in [2.45, 2.75) is 26.2 Å². The second-order valence-corrected chi connectivity index (χ2v) is 7.15. The van der Waals surface area contributed by atoms with Gasteiger partial charge in [0.25, 0.3) is 0 Å². The first-order valence-electron chi connectivity index (χ1n) is 4.89. The van der Waals surface area contributed by atoms with Crippen molar-refractivity contribution in [3.63, 3.8) is 0 Å². The highest BCUT2D eigenvalue weighted by molar-refractivity contribution is 8.00. The maximum atomic E-state index is 11.5. The van der Waals surface area contributed by atoms with E-state index in [9.17, 15) is 4.21 Å². The molecule has 1 aromatic rings. The first kappa shape index (κ1) is 12.1. The Morgan fingerprint density at radius 2 is 1.93 bits per heavy atom. The Morgan fingerprint density at radius 3 is 2.40 bits per heavy atom. The van der Waals surface area contributed by atoms with Gasteiger partial charge >= 0.3 is 0 Å². The van der Waals surface area contributed by atoms with Gasteiger partial charge in [-0.05, 0) is 29.0 Å². The highest BCUT2D eigenvalue weighted by Crippen LogP contribution is 2.24. The molecule has 0 saturated carbocycles. The van der Waals surface area contributed by atoms with Crippen molar-refractivity contribution in [3.05, 3.63) is 29.8 Å². The first-order valence-corrected chi connectivity index (χ1v) is 7.02. The van der Waals surface area contributed by atoms with Crippen molar-refractivity contribution in [2.75, 3.05) is 11.0 Å². The summed E-state index contributed by atoms with van der Waals surface area (Å²) in [4.78, 5) is 0. The molecule has 1 atom stereocenters. The number of anilines is 1. The molecule has 1 rings (SSSR count). The average Bonchev–Trinajstić information content (AvgIpc) is 1.99. The minimum absolute atomic E-state index is 0.105. The first-order chi connectivity index (χ1) is 6.68. The van der Waals surface area contributed by atoms with E-state index in [2.05, 4.69) is 37.4 Å². The topological polar surface area (TPSA) is 29.1 Å². The lowest BCUT2D eigenvalue weighted by atomic mass is 9.87. The van der Waals surface area contributed by atoms with Gasteiger partial charge in [-0.15, -0.1) is 0 Å². The van der Waals surface area contributed by atoms with Crippen molar-refractivity contribution in [3.8, 4) is 0 Å². The lowest BCUT2D eigenvalue weighted by molar-refractivity contribution is 0.590. The van der Waals surface area contributed by atoms with Crippen LogP contribution in [0.15, 0.2) is 24.3 Å². The number of hydrogen-bond donors (Lipinski definition) is 1. The van der Waals surface area contributed by atoms with E-state index in [1.165, 1.54) is 5.56 Å². The van der Waals surface area contributed by atoms with Crippen molar-refractivity contribution >= 4 is 21.3 Å². The highest BCUT2D eigenvalue weighted by atomic mass is 32.2. The maximum Gasteiger partial charge on any atom is 0.0459 e. The van der Waals surface area contributed by atoms with Crippen LogP contribution in [0.4, 0.5) is 5.69 Å². The van der Waals surface area contributed by atoms with Crippen LogP contribution in [0.2, 0.25) is 0 Å². The van der Waals surface area contributed by atoms with E-state index in [4.69, 9.17) is 0 Å². The van der Waals surface area contributed by atoms with Crippen molar-refractivity contribution in [1.29, 1.82) is 0 Å². The summed E-state index contributed by atoms with van der Waals surface area (Å²) in [5.74, 6) is 3.57. The van der Waals surface area contributed by atoms with Gasteiger partial charge in [0.05, 0.1) is 0 Å². The third-order valence-corrected chi connectivity index (χ3v) is 2.73. The monoisotopic (exact) mass is 225 g/mol. The summed E-state index contributed by atoms with van der Waals surface area (Å²) < 4.78 is 14.4. The Hall–Kier alpha value is -0.960. The van der Waals surface area contributed by atoms with Gasteiger partial charge in [0, 0.05) is 21.7 Å². The minimum atomic E-state index is -2.19. The zero-order valence-electron chi connectivity index (χ0n) is 9.83. The van der Waals surface area contributed by atoms with Crippen LogP contribution < -0.4 is 4.72 Å². The molecule has 0 bridgehead atoms. The quantitative estimate of drug-likeness (QED) is 0.770. The molecule has 2 nitrogen and oxygen atoms in total. The zero-order valence-corrected chi connectivity index (χ0v) is 10.6. The molecule has 1 unspecified atom stereocenters. The summed E-state index contributed by atoms with van der Waals surface area (Å²) in [6, 6.07) is 7.97. The van der Waals surface area contributed by atoms with Gasteiger partial charge in [-0.1, -0.05) is 32.9 Å². The number of hydrogen-bond acceptors (Lipinski definition) is 1. The van der Waals surface area contributed by atoms with Crippen LogP contribution in [-0.2, 0) is 15.1 Å². The summed E-state index contributed by atoms with van der Waals surface area (Å²) in [6.45, 7) is 6.46.